The molecule has 0 bridgehead atoms. The van der Waals surface area contributed by atoms with Gasteiger partial charge in [-0.25, -0.2) is 9.18 Å². The Morgan fingerprint density at radius 2 is 1.81 bits per heavy atom. The zero-order valence-electron chi connectivity index (χ0n) is 17.3. The Labute approximate surface area is 178 Å². The second kappa shape index (κ2) is 9.34. The van der Waals surface area contributed by atoms with E-state index >= 15 is 0 Å². The Hall–Kier alpha value is -3.81. The van der Waals surface area contributed by atoms with Crippen LogP contribution in [0.25, 0.3) is 16.7 Å². The van der Waals surface area contributed by atoms with Crippen molar-refractivity contribution < 1.29 is 33.3 Å². The lowest BCUT2D eigenvalue weighted by Gasteiger charge is -2.12. The molecule has 0 unspecified atom stereocenters. The van der Waals surface area contributed by atoms with Gasteiger partial charge in [0.2, 0.25) is 0 Å². The summed E-state index contributed by atoms with van der Waals surface area (Å²) in [5.74, 6) is -1.86. The van der Waals surface area contributed by atoms with E-state index in [2.05, 4.69) is 4.74 Å². The minimum atomic E-state index is -1.05. The van der Waals surface area contributed by atoms with Crippen molar-refractivity contribution >= 4 is 28.4 Å². The van der Waals surface area contributed by atoms with E-state index in [0.29, 0.717) is 34.5 Å². The largest absolute Gasteiger partial charge is 0.507 e. The normalized spacial score (nSPS) is 11.4. The highest BCUT2D eigenvalue weighted by molar-refractivity contribution is 6.39. The fourth-order valence-electron chi connectivity index (χ4n) is 3.28. The zero-order chi connectivity index (χ0) is 22.5. The number of ketones is 1. The fourth-order valence-corrected chi connectivity index (χ4v) is 3.28. The van der Waals surface area contributed by atoms with Crippen LogP contribution < -0.4 is 9.47 Å². The van der Waals surface area contributed by atoms with E-state index in [9.17, 15) is 19.1 Å². The van der Waals surface area contributed by atoms with E-state index in [1.54, 1.807) is 42.0 Å². The van der Waals surface area contributed by atoms with Gasteiger partial charge in [0.15, 0.2) is 11.5 Å². The van der Waals surface area contributed by atoms with Crippen LogP contribution in [-0.2, 0) is 20.9 Å². The summed E-state index contributed by atoms with van der Waals surface area (Å²) in [5.41, 5.74) is 1.72. The second-order valence-electron chi connectivity index (χ2n) is 6.61. The first-order valence-electron chi connectivity index (χ1n) is 9.50. The van der Waals surface area contributed by atoms with Crippen LogP contribution in [0.2, 0.25) is 0 Å². The van der Waals surface area contributed by atoms with Crippen molar-refractivity contribution in [3.8, 4) is 11.5 Å². The maximum Gasteiger partial charge on any atom is 0.379 e. The number of aliphatic hydroxyl groups excluding tert-OH is 1. The van der Waals surface area contributed by atoms with Crippen molar-refractivity contribution in [2.24, 2.45) is 0 Å². The van der Waals surface area contributed by atoms with Crippen LogP contribution >= 0.6 is 0 Å². The molecule has 0 amide bonds. The number of carbonyl (C=O) groups excluding carboxylic acids is 2. The summed E-state index contributed by atoms with van der Waals surface area (Å²) in [6.45, 7) is 1.96. The smallest absolute Gasteiger partial charge is 0.379 e. The first-order valence-corrected chi connectivity index (χ1v) is 9.50. The molecular formula is C23H22FNO6. The number of carbonyl (C=O) groups is 2. The molecule has 31 heavy (non-hydrogen) atoms. The highest BCUT2D eigenvalue weighted by atomic mass is 19.1. The van der Waals surface area contributed by atoms with E-state index in [1.807, 2.05) is 0 Å². The number of rotatable bonds is 8. The molecule has 0 aliphatic carbocycles. The third kappa shape index (κ3) is 4.53. The maximum absolute atomic E-state index is 13.3. The quantitative estimate of drug-likeness (QED) is 0.254. The van der Waals surface area contributed by atoms with Gasteiger partial charge in [-0.05, 0) is 36.8 Å². The molecule has 0 fully saturated rings. The van der Waals surface area contributed by atoms with Gasteiger partial charge in [0, 0.05) is 29.8 Å². The first-order chi connectivity index (χ1) is 14.9. The Kier molecular flexibility index (Phi) is 6.59. The minimum absolute atomic E-state index is 0.0488. The third-order valence-corrected chi connectivity index (χ3v) is 4.67. The van der Waals surface area contributed by atoms with Crippen LogP contribution in [0.3, 0.4) is 0 Å². The molecule has 1 heterocycles. The molecule has 3 rings (SSSR count). The third-order valence-electron chi connectivity index (χ3n) is 4.67. The predicted molar refractivity (Wildman–Crippen MR) is 113 cm³/mol. The van der Waals surface area contributed by atoms with Crippen molar-refractivity contribution in [2.75, 3.05) is 20.8 Å². The van der Waals surface area contributed by atoms with Gasteiger partial charge in [-0.1, -0.05) is 12.1 Å². The number of benzene rings is 2. The molecule has 0 radical (unpaired) electrons. The molecular weight excluding hydrogens is 405 g/mol. The average Bonchev–Trinajstić information content (AvgIpc) is 3.13. The van der Waals surface area contributed by atoms with Gasteiger partial charge >= 0.3 is 5.97 Å². The number of fused-ring (bicyclic) bond motifs is 1. The summed E-state index contributed by atoms with van der Waals surface area (Å²) >= 11 is 0. The molecule has 8 heteroatoms. The molecule has 3 aromatic rings. The second-order valence-corrected chi connectivity index (χ2v) is 6.61. The standard InChI is InChI=1S/C23H22FNO6/c1-4-31-23(28)19(27)11-18(26)17-13-25(12-14-5-7-15(24)8-6-14)21-16(17)9-10-20(29-2)22(21)30-3/h5-11,13,26H,4,12H2,1-3H3/b18-11+. The lowest BCUT2D eigenvalue weighted by Crippen LogP contribution is -2.15. The van der Waals surface area contributed by atoms with Crippen molar-refractivity contribution in [1.82, 2.24) is 4.57 Å². The Morgan fingerprint density at radius 3 is 2.42 bits per heavy atom. The van der Waals surface area contributed by atoms with Crippen molar-refractivity contribution in [3.05, 3.63) is 65.6 Å². The van der Waals surface area contributed by atoms with Gasteiger partial charge in [-0.2, -0.15) is 0 Å². The number of hydrogen-bond acceptors (Lipinski definition) is 6. The molecule has 0 aliphatic heterocycles. The highest BCUT2D eigenvalue weighted by Crippen LogP contribution is 2.39. The van der Waals surface area contributed by atoms with E-state index < -0.39 is 17.5 Å². The number of ether oxygens (including phenoxy) is 3. The van der Waals surface area contributed by atoms with Crippen LogP contribution in [-0.4, -0.2) is 42.3 Å². The average molecular weight is 427 g/mol. The van der Waals surface area contributed by atoms with Crippen LogP contribution in [0.1, 0.15) is 18.1 Å². The van der Waals surface area contributed by atoms with E-state index in [4.69, 9.17) is 9.47 Å². The van der Waals surface area contributed by atoms with Crippen molar-refractivity contribution in [1.29, 1.82) is 0 Å². The number of methoxy groups -OCH3 is 2. The van der Waals surface area contributed by atoms with Crippen LogP contribution in [0, 0.1) is 5.82 Å². The fraction of sp³-hybridized carbons (Fsp3) is 0.217. The molecule has 0 saturated carbocycles. The van der Waals surface area contributed by atoms with Crippen LogP contribution in [0.4, 0.5) is 4.39 Å². The van der Waals surface area contributed by atoms with E-state index in [-0.39, 0.29) is 12.4 Å². The molecule has 0 atom stereocenters. The van der Waals surface area contributed by atoms with Gasteiger partial charge in [-0.15, -0.1) is 0 Å². The molecule has 0 aliphatic rings. The van der Waals surface area contributed by atoms with Crippen molar-refractivity contribution in [3.63, 3.8) is 0 Å². The summed E-state index contributed by atoms with van der Waals surface area (Å²) in [6.07, 6.45) is 2.45. The number of halogens is 1. The number of aliphatic hydroxyl groups is 1. The number of esters is 1. The summed E-state index contributed by atoms with van der Waals surface area (Å²) in [5, 5.41) is 11.2. The van der Waals surface area contributed by atoms with Gasteiger partial charge in [0.25, 0.3) is 5.78 Å². The summed E-state index contributed by atoms with van der Waals surface area (Å²) in [7, 11) is 3.00. The van der Waals surface area contributed by atoms with Gasteiger partial charge in [0.1, 0.15) is 11.6 Å². The first kappa shape index (κ1) is 21.9. The minimum Gasteiger partial charge on any atom is -0.507 e. The van der Waals surface area contributed by atoms with Crippen molar-refractivity contribution in [2.45, 2.75) is 13.5 Å². The monoisotopic (exact) mass is 427 g/mol. The van der Waals surface area contributed by atoms with E-state index in [1.165, 1.54) is 26.4 Å². The molecule has 1 N–H and O–H groups in total. The van der Waals surface area contributed by atoms with Crippen LogP contribution in [0.5, 0.6) is 11.5 Å². The van der Waals surface area contributed by atoms with Crippen LogP contribution in [0.15, 0.2) is 48.7 Å². The molecule has 0 saturated heterocycles. The summed E-state index contributed by atoms with van der Waals surface area (Å²) in [6, 6.07) is 9.39. The van der Waals surface area contributed by atoms with E-state index in [0.717, 1.165) is 11.6 Å². The molecule has 7 nitrogen and oxygen atoms in total. The lowest BCUT2D eigenvalue weighted by atomic mass is 10.1. The lowest BCUT2D eigenvalue weighted by molar-refractivity contribution is -0.151. The molecule has 2 aromatic carbocycles. The number of nitrogens with zero attached hydrogens (tertiary/aromatic N) is 1. The Bertz CT molecular complexity index is 1150. The molecule has 1 aromatic heterocycles. The summed E-state index contributed by atoms with van der Waals surface area (Å²) in [4.78, 5) is 23.6. The summed E-state index contributed by atoms with van der Waals surface area (Å²) < 4.78 is 30.7. The van der Waals surface area contributed by atoms with Gasteiger partial charge < -0.3 is 23.9 Å². The predicted octanol–water partition coefficient (Wildman–Crippen LogP) is 3.88. The Morgan fingerprint density at radius 1 is 1.10 bits per heavy atom. The molecule has 162 valence electrons. The Balaban J connectivity index is 2.15. The van der Waals surface area contributed by atoms with Gasteiger partial charge in [0.05, 0.1) is 26.3 Å². The maximum atomic E-state index is 13.3. The van der Waals surface area contributed by atoms with Gasteiger partial charge in [-0.3, -0.25) is 4.79 Å². The number of hydrogen-bond donors (Lipinski definition) is 1. The zero-order valence-corrected chi connectivity index (χ0v) is 17.3. The molecule has 0 spiro atoms. The topological polar surface area (TPSA) is 87.0 Å². The highest BCUT2D eigenvalue weighted by Gasteiger charge is 2.21. The SMILES string of the molecule is CCOC(=O)C(=O)/C=C(/O)c1cn(Cc2ccc(F)cc2)c2c(OC)c(OC)ccc12. The number of aromatic nitrogens is 1.